The van der Waals surface area contributed by atoms with E-state index >= 15 is 0 Å². The average Bonchev–Trinajstić information content (AvgIpc) is 3.04. The predicted molar refractivity (Wildman–Crippen MR) is 110 cm³/mol. The zero-order chi connectivity index (χ0) is 18.9. The first kappa shape index (κ1) is 17.9. The zero-order valence-corrected chi connectivity index (χ0v) is 16.4. The van der Waals surface area contributed by atoms with Gasteiger partial charge >= 0.3 is 0 Å². The van der Waals surface area contributed by atoms with Crippen molar-refractivity contribution in [3.8, 4) is 22.6 Å². The Hall–Kier alpha value is -2.12. The molecule has 0 aliphatic carbocycles. The second-order valence-electron chi connectivity index (χ2n) is 7.28. The summed E-state index contributed by atoms with van der Waals surface area (Å²) in [5.74, 6) is 0.813. The van der Waals surface area contributed by atoms with Gasteiger partial charge in [-0.1, -0.05) is 18.2 Å². The third kappa shape index (κ3) is 3.49. The van der Waals surface area contributed by atoms with Crippen LogP contribution in [0.1, 0.15) is 5.56 Å². The van der Waals surface area contributed by atoms with E-state index in [2.05, 4.69) is 40.6 Å². The summed E-state index contributed by atoms with van der Waals surface area (Å²) in [6.45, 7) is 4.83. The van der Waals surface area contributed by atoms with E-state index in [1.54, 1.807) is 11.3 Å². The molecule has 0 spiro atoms. The van der Waals surface area contributed by atoms with Crippen LogP contribution in [-0.2, 0) is 16.0 Å². The lowest BCUT2D eigenvalue weighted by molar-refractivity contribution is -0.0982. The van der Waals surface area contributed by atoms with Crippen molar-refractivity contribution in [3.63, 3.8) is 0 Å². The number of aromatic hydroxyl groups is 1. The molecule has 3 heterocycles. The van der Waals surface area contributed by atoms with Gasteiger partial charge in [-0.25, -0.2) is 0 Å². The van der Waals surface area contributed by atoms with E-state index in [-0.39, 0.29) is 11.9 Å². The molecule has 0 unspecified atom stereocenters. The van der Waals surface area contributed by atoms with Crippen LogP contribution in [0.25, 0.3) is 21.2 Å². The van der Waals surface area contributed by atoms with E-state index < -0.39 is 0 Å². The molecule has 0 amide bonds. The van der Waals surface area contributed by atoms with Crippen molar-refractivity contribution in [2.75, 3.05) is 39.5 Å². The van der Waals surface area contributed by atoms with Crippen LogP contribution in [0.5, 0.6) is 11.5 Å². The second-order valence-corrected chi connectivity index (χ2v) is 8.19. The standard InChI is InChI=1S/C22H23NO4S/c24-20-10-15(19-14-28-21-4-2-1-3-18(19)21)9-16-11-23(5-6-27-22(16)20)12-17-13-25-7-8-26-17/h1-4,9-10,14,17,24H,5-8,11-13H2/t17-/m0/s1. The molecule has 1 fully saturated rings. The Kier molecular flexibility index (Phi) is 4.94. The Morgan fingerprint density at radius 1 is 1.14 bits per heavy atom. The summed E-state index contributed by atoms with van der Waals surface area (Å²) < 4.78 is 18.5. The largest absolute Gasteiger partial charge is 0.504 e. The van der Waals surface area contributed by atoms with E-state index in [0.29, 0.717) is 32.2 Å². The summed E-state index contributed by atoms with van der Waals surface area (Å²) in [6.07, 6.45) is 0.0906. The molecular formula is C22H23NO4S. The fraction of sp³-hybridized carbons (Fsp3) is 0.364. The Morgan fingerprint density at radius 3 is 2.96 bits per heavy atom. The van der Waals surface area contributed by atoms with Gasteiger partial charge in [0.15, 0.2) is 11.5 Å². The zero-order valence-electron chi connectivity index (χ0n) is 15.6. The minimum Gasteiger partial charge on any atom is -0.504 e. The molecule has 5 nitrogen and oxygen atoms in total. The van der Waals surface area contributed by atoms with Crippen molar-refractivity contribution in [1.82, 2.24) is 4.90 Å². The molecule has 1 aromatic heterocycles. The molecule has 146 valence electrons. The molecule has 0 radical (unpaired) electrons. The summed E-state index contributed by atoms with van der Waals surface area (Å²) >= 11 is 1.73. The van der Waals surface area contributed by atoms with Crippen LogP contribution in [0.2, 0.25) is 0 Å². The highest BCUT2D eigenvalue weighted by atomic mass is 32.1. The van der Waals surface area contributed by atoms with Crippen LogP contribution in [0, 0.1) is 0 Å². The van der Waals surface area contributed by atoms with Crippen molar-refractivity contribution in [3.05, 3.63) is 47.3 Å². The SMILES string of the molecule is Oc1cc(-c2csc3ccccc23)cc2c1OCCN(C[C@H]1COCCO1)C2. The summed E-state index contributed by atoms with van der Waals surface area (Å²) in [7, 11) is 0. The van der Waals surface area contributed by atoms with Gasteiger partial charge in [0, 0.05) is 40.8 Å². The Labute approximate surface area is 168 Å². The maximum atomic E-state index is 10.7. The van der Waals surface area contributed by atoms with Crippen molar-refractivity contribution < 1.29 is 19.3 Å². The molecule has 0 saturated carbocycles. The molecule has 2 aliphatic heterocycles. The first-order valence-electron chi connectivity index (χ1n) is 9.65. The minimum atomic E-state index is 0.0906. The molecule has 0 bridgehead atoms. The van der Waals surface area contributed by atoms with Crippen molar-refractivity contribution in [2.45, 2.75) is 12.6 Å². The fourth-order valence-corrected chi connectivity index (χ4v) is 4.97. The maximum absolute atomic E-state index is 10.7. The highest BCUT2D eigenvalue weighted by Crippen LogP contribution is 2.41. The van der Waals surface area contributed by atoms with Crippen LogP contribution in [0.4, 0.5) is 0 Å². The number of rotatable bonds is 3. The summed E-state index contributed by atoms with van der Waals surface area (Å²) in [5, 5.41) is 14.0. The lowest BCUT2D eigenvalue weighted by Crippen LogP contribution is -2.40. The first-order valence-corrected chi connectivity index (χ1v) is 10.5. The van der Waals surface area contributed by atoms with Crippen LogP contribution in [-0.4, -0.2) is 55.6 Å². The van der Waals surface area contributed by atoms with Crippen molar-refractivity contribution >= 4 is 21.4 Å². The quantitative estimate of drug-likeness (QED) is 0.727. The predicted octanol–water partition coefficient (Wildman–Crippen LogP) is 3.88. The van der Waals surface area contributed by atoms with Crippen molar-refractivity contribution in [1.29, 1.82) is 0 Å². The molecule has 1 N–H and O–H groups in total. The Morgan fingerprint density at radius 2 is 2.07 bits per heavy atom. The summed E-state index contributed by atoms with van der Waals surface area (Å²) in [4.78, 5) is 2.32. The van der Waals surface area contributed by atoms with E-state index in [0.717, 1.165) is 36.3 Å². The smallest absolute Gasteiger partial charge is 0.165 e. The van der Waals surface area contributed by atoms with Gasteiger partial charge in [0.2, 0.25) is 0 Å². The first-order chi connectivity index (χ1) is 13.8. The number of benzene rings is 2. The maximum Gasteiger partial charge on any atom is 0.165 e. The third-order valence-corrected chi connectivity index (χ3v) is 6.30. The second kappa shape index (κ2) is 7.72. The highest BCUT2D eigenvalue weighted by Gasteiger charge is 2.24. The lowest BCUT2D eigenvalue weighted by atomic mass is 10.0. The topological polar surface area (TPSA) is 51.2 Å². The molecule has 28 heavy (non-hydrogen) atoms. The monoisotopic (exact) mass is 397 g/mol. The molecule has 1 saturated heterocycles. The van der Waals surface area contributed by atoms with E-state index in [1.807, 2.05) is 6.07 Å². The molecule has 5 rings (SSSR count). The Balaban J connectivity index is 1.46. The van der Waals surface area contributed by atoms with E-state index in [1.165, 1.54) is 10.1 Å². The number of thiophene rings is 1. The number of phenolic OH excluding ortho intramolecular Hbond substituents is 1. The average molecular weight is 397 g/mol. The van der Waals surface area contributed by atoms with Gasteiger partial charge in [0.05, 0.1) is 25.9 Å². The fourth-order valence-electron chi connectivity index (χ4n) is 4.00. The summed E-state index contributed by atoms with van der Waals surface area (Å²) in [5.41, 5.74) is 3.19. The van der Waals surface area contributed by atoms with Crippen LogP contribution < -0.4 is 4.74 Å². The number of hydrogen-bond acceptors (Lipinski definition) is 6. The molecular weight excluding hydrogens is 374 g/mol. The number of hydrogen-bond donors (Lipinski definition) is 1. The number of ether oxygens (including phenoxy) is 3. The normalized spacial score (nSPS) is 20.5. The van der Waals surface area contributed by atoms with Crippen LogP contribution >= 0.6 is 11.3 Å². The Bertz CT molecular complexity index is 980. The van der Waals surface area contributed by atoms with Gasteiger partial charge < -0.3 is 19.3 Å². The minimum absolute atomic E-state index is 0.0906. The molecule has 2 aliphatic rings. The lowest BCUT2D eigenvalue weighted by Gasteiger charge is -2.28. The number of nitrogens with zero attached hydrogens (tertiary/aromatic N) is 1. The van der Waals surface area contributed by atoms with Gasteiger partial charge in [-0.3, -0.25) is 4.90 Å². The van der Waals surface area contributed by atoms with Gasteiger partial charge in [0.25, 0.3) is 0 Å². The van der Waals surface area contributed by atoms with E-state index in [4.69, 9.17) is 14.2 Å². The van der Waals surface area contributed by atoms with E-state index in [9.17, 15) is 5.11 Å². The van der Waals surface area contributed by atoms with Crippen LogP contribution in [0.3, 0.4) is 0 Å². The van der Waals surface area contributed by atoms with Gasteiger partial charge in [-0.15, -0.1) is 11.3 Å². The number of phenols is 1. The highest BCUT2D eigenvalue weighted by molar-refractivity contribution is 7.17. The van der Waals surface area contributed by atoms with Crippen molar-refractivity contribution in [2.24, 2.45) is 0 Å². The van der Waals surface area contributed by atoms with Gasteiger partial charge in [-0.2, -0.15) is 0 Å². The van der Waals surface area contributed by atoms with Crippen LogP contribution in [0.15, 0.2) is 41.8 Å². The third-order valence-electron chi connectivity index (χ3n) is 5.33. The molecule has 6 heteroatoms. The summed E-state index contributed by atoms with van der Waals surface area (Å²) in [6, 6.07) is 12.3. The number of fused-ring (bicyclic) bond motifs is 2. The van der Waals surface area contributed by atoms with Gasteiger partial charge in [-0.05, 0) is 29.1 Å². The molecule has 1 atom stereocenters. The van der Waals surface area contributed by atoms with Gasteiger partial charge in [0.1, 0.15) is 6.61 Å². The molecule has 2 aromatic carbocycles. The molecule has 3 aromatic rings.